The fourth-order valence-corrected chi connectivity index (χ4v) is 2.15. The lowest BCUT2D eigenvalue weighted by Gasteiger charge is -2.18. The zero-order chi connectivity index (χ0) is 22.1. The van der Waals surface area contributed by atoms with Gasteiger partial charge in [-0.2, -0.15) is 0 Å². The standard InChI is InChI=1S/C18H26N4O4.CH3NO/c1-3-15(23)20-10-9-16(24)22-14(11-13-7-5-4-6-8-13)18(26)21-12-17(25)19-2;2-1-3/h4-8,14H,3,9-12H2,1-2H3,(H,19,25)(H,20,23)(H,21,26)(H,22,24);1H,(H2,2,3). The van der Waals surface area contributed by atoms with Crippen molar-refractivity contribution in [2.24, 2.45) is 5.73 Å². The van der Waals surface area contributed by atoms with Crippen molar-refractivity contribution in [1.82, 2.24) is 21.3 Å². The van der Waals surface area contributed by atoms with Crippen LogP contribution in [0.1, 0.15) is 25.3 Å². The highest BCUT2D eigenvalue weighted by atomic mass is 16.2. The topological polar surface area (TPSA) is 159 Å². The predicted molar refractivity (Wildman–Crippen MR) is 107 cm³/mol. The van der Waals surface area contributed by atoms with Crippen molar-refractivity contribution in [1.29, 1.82) is 0 Å². The molecule has 0 radical (unpaired) electrons. The second-order valence-electron chi connectivity index (χ2n) is 5.79. The van der Waals surface area contributed by atoms with Crippen LogP contribution in [0.15, 0.2) is 30.3 Å². The third kappa shape index (κ3) is 12.6. The molecule has 0 aromatic heterocycles. The van der Waals surface area contributed by atoms with Gasteiger partial charge in [-0.15, -0.1) is 0 Å². The maximum Gasteiger partial charge on any atom is 0.243 e. The summed E-state index contributed by atoms with van der Waals surface area (Å²) in [5.74, 6) is -1.26. The number of hydrogen-bond acceptors (Lipinski definition) is 5. The van der Waals surface area contributed by atoms with E-state index in [0.29, 0.717) is 12.8 Å². The highest BCUT2D eigenvalue weighted by molar-refractivity contribution is 5.90. The summed E-state index contributed by atoms with van der Waals surface area (Å²) in [5, 5.41) is 10.2. The molecule has 6 N–H and O–H groups in total. The Morgan fingerprint density at radius 1 is 1.03 bits per heavy atom. The molecule has 1 atom stereocenters. The Balaban J connectivity index is 0.00000245. The summed E-state index contributed by atoms with van der Waals surface area (Å²) in [5.41, 5.74) is 5.05. The average Bonchev–Trinajstić information content (AvgIpc) is 2.72. The van der Waals surface area contributed by atoms with Gasteiger partial charge < -0.3 is 27.0 Å². The predicted octanol–water partition coefficient (Wildman–Crippen LogP) is -1.41. The fraction of sp³-hybridized carbons (Fsp3) is 0.421. The highest BCUT2D eigenvalue weighted by Crippen LogP contribution is 2.04. The van der Waals surface area contributed by atoms with E-state index in [1.165, 1.54) is 7.05 Å². The van der Waals surface area contributed by atoms with E-state index in [9.17, 15) is 19.2 Å². The van der Waals surface area contributed by atoms with Gasteiger partial charge >= 0.3 is 0 Å². The first-order valence-electron chi connectivity index (χ1n) is 9.11. The first-order chi connectivity index (χ1) is 13.9. The van der Waals surface area contributed by atoms with Gasteiger partial charge in [-0.05, 0) is 5.56 Å². The lowest BCUT2D eigenvalue weighted by atomic mass is 10.0. The lowest BCUT2D eigenvalue weighted by molar-refractivity contribution is -0.130. The molecular weight excluding hydrogens is 378 g/mol. The molecule has 10 heteroatoms. The van der Waals surface area contributed by atoms with Gasteiger partial charge in [-0.3, -0.25) is 24.0 Å². The third-order valence-electron chi connectivity index (χ3n) is 3.63. The maximum atomic E-state index is 12.4. The van der Waals surface area contributed by atoms with E-state index in [2.05, 4.69) is 27.0 Å². The van der Waals surface area contributed by atoms with Crippen molar-refractivity contribution in [2.75, 3.05) is 20.1 Å². The molecule has 0 saturated carbocycles. The molecule has 1 aromatic carbocycles. The smallest absolute Gasteiger partial charge is 0.243 e. The summed E-state index contributed by atoms with van der Waals surface area (Å²) >= 11 is 0. The Morgan fingerprint density at radius 2 is 1.66 bits per heavy atom. The summed E-state index contributed by atoms with van der Waals surface area (Å²) < 4.78 is 0. The minimum atomic E-state index is -0.809. The molecule has 5 amide bonds. The molecule has 1 aromatic rings. The molecule has 10 nitrogen and oxygen atoms in total. The minimum absolute atomic E-state index is 0.0692. The number of nitrogens with two attached hydrogens (primary N) is 1. The van der Waals surface area contributed by atoms with Crippen LogP contribution in [-0.2, 0) is 30.4 Å². The van der Waals surface area contributed by atoms with E-state index in [1.54, 1.807) is 6.92 Å². The van der Waals surface area contributed by atoms with Gasteiger partial charge in [0.2, 0.25) is 30.0 Å². The highest BCUT2D eigenvalue weighted by Gasteiger charge is 2.21. The first-order valence-corrected chi connectivity index (χ1v) is 9.11. The third-order valence-corrected chi connectivity index (χ3v) is 3.63. The monoisotopic (exact) mass is 407 g/mol. The van der Waals surface area contributed by atoms with Gasteiger partial charge in [0, 0.05) is 32.9 Å². The Morgan fingerprint density at radius 3 is 2.21 bits per heavy atom. The van der Waals surface area contributed by atoms with Crippen molar-refractivity contribution in [3.05, 3.63) is 35.9 Å². The Kier molecular flexibility index (Phi) is 13.8. The fourth-order valence-electron chi connectivity index (χ4n) is 2.15. The van der Waals surface area contributed by atoms with Crippen LogP contribution in [0.3, 0.4) is 0 Å². The number of carbonyl (C=O) groups excluding carboxylic acids is 5. The van der Waals surface area contributed by atoms with Gasteiger partial charge in [0.1, 0.15) is 6.04 Å². The number of amides is 5. The molecule has 1 unspecified atom stereocenters. The lowest BCUT2D eigenvalue weighted by Crippen LogP contribution is -2.50. The number of nitrogens with one attached hydrogen (secondary N) is 4. The molecule has 160 valence electrons. The van der Waals surface area contributed by atoms with Crippen LogP contribution >= 0.6 is 0 Å². The average molecular weight is 407 g/mol. The summed E-state index contributed by atoms with van der Waals surface area (Å²) in [7, 11) is 1.47. The minimum Gasteiger partial charge on any atom is -0.372 e. The van der Waals surface area contributed by atoms with Crippen LogP contribution in [0.2, 0.25) is 0 Å². The molecule has 0 aliphatic heterocycles. The largest absolute Gasteiger partial charge is 0.372 e. The van der Waals surface area contributed by atoms with Crippen molar-refractivity contribution in [3.63, 3.8) is 0 Å². The molecule has 0 spiro atoms. The number of primary amides is 1. The van der Waals surface area contributed by atoms with E-state index in [0.717, 1.165) is 5.56 Å². The molecule has 0 fully saturated rings. The number of rotatable bonds is 10. The molecular formula is C19H29N5O5. The quantitative estimate of drug-likeness (QED) is 0.301. The number of hydrogen-bond donors (Lipinski definition) is 5. The second-order valence-corrected chi connectivity index (χ2v) is 5.79. The molecule has 0 aliphatic rings. The number of likely N-dealkylation sites (N-methyl/N-ethyl adjacent to an activating group) is 1. The zero-order valence-electron chi connectivity index (χ0n) is 16.7. The molecule has 0 bridgehead atoms. The van der Waals surface area contributed by atoms with Crippen molar-refractivity contribution < 1.29 is 24.0 Å². The summed E-state index contributed by atoms with van der Waals surface area (Å²) in [4.78, 5) is 55.5. The first kappa shape index (κ1) is 25.6. The Hall–Kier alpha value is -3.43. The van der Waals surface area contributed by atoms with Gasteiger partial charge in [-0.25, -0.2) is 0 Å². The van der Waals surface area contributed by atoms with Crippen LogP contribution in [-0.4, -0.2) is 56.2 Å². The molecule has 0 aliphatic carbocycles. The second kappa shape index (κ2) is 15.6. The van der Waals surface area contributed by atoms with Gasteiger partial charge in [-0.1, -0.05) is 37.3 Å². The molecule has 1 rings (SSSR count). The van der Waals surface area contributed by atoms with E-state index in [4.69, 9.17) is 4.79 Å². The van der Waals surface area contributed by atoms with E-state index < -0.39 is 11.9 Å². The molecule has 29 heavy (non-hydrogen) atoms. The van der Waals surface area contributed by atoms with Crippen molar-refractivity contribution >= 4 is 30.0 Å². The Bertz CT molecular complexity index is 666. The van der Waals surface area contributed by atoms with Crippen LogP contribution < -0.4 is 27.0 Å². The molecule has 0 saturated heterocycles. The van der Waals surface area contributed by atoms with Crippen LogP contribution in [0.25, 0.3) is 0 Å². The van der Waals surface area contributed by atoms with E-state index in [-0.39, 0.29) is 43.6 Å². The van der Waals surface area contributed by atoms with Crippen LogP contribution in [0, 0.1) is 0 Å². The molecule has 0 heterocycles. The SMILES string of the molecule is CCC(=O)NCCC(=O)NC(Cc1ccccc1)C(=O)NCC(=O)NC.NC=O. The van der Waals surface area contributed by atoms with Crippen LogP contribution in [0.4, 0.5) is 0 Å². The van der Waals surface area contributed by atoms with Gasteiger partial charge in [0.05, 0.1) is 6.54 Å². The van der Waals surface area contributed by atoms with Gasteiger partial charge in [0.15, 0.2) is 0 Å². The van der Waals surface area contributed by atoms with Crippen molar-refractivity contribution in [3.8, 4) is 0 Å². The zero-order valence-corrected chi connectivity index (χ0v) is 16.7. The normalized spacial score (nSPS) is 10.4. The Labute approximate surface area is 170 Å². The summed E-state index contributed by atoms with van der Waals surface area (Å²) in [6.45, 7) is 1.77. The summed E-state index contributed by atoms with van der Waals surface area (Å²) in [6, 6.07) is 8.45. The number of benzene rings is 1. The van der Waals surface area contributed by atoms with Gasteiger partial charge in [0.25, 0.3) is 0 Å². The number of carbonyl (C=O) groups is 5. The van der Waals surface area contributed by atoms with E-state index in [1.807, 2.05) is 30.3 Å². The maximum absolute atomic E-state index is 12.4. The van der Waals surface area contributed by atoms with E-state index >= 15 is 0 Å². The van der Waals surface area contributed by atoms with Crippen LogP contribution in [0.5, 0.6) is 0 Å². The van der Waals surface area contributed by atoms with Crippen molar-refractivity contribution in [2.45, 2.75) is 32.2 Å². The summed E-state index contributed by atoms with van der Waals surface area (Å²) in [6.07, 6.45) is 0.966.